The molecule has 106 valence electrons. The Balaban J connectivity index is 2.01. The normalized spacial score (nSPS) is 13.8. The van der Waals surface area contributed by atoms with Crippen molar-refractivity contribution in [2.45, 2.75) is 17.9 Å². The van der Waals surface area contributed by atoms with E-state index in [4.69, 9.17) is 0 Å². The van der Waals surface area contributed by atoms with Crippen LogP contribution in [0.5, 0.6) is 0 Å². The van der Waals surface area contributed by atoms with Crippen LogP contribution in [-0.2, 0) is 13.0 Å². The largest absolute Gasteiger partial charge is 0.392 e. The number of halogens is 1. The first-order chi connectivity index (χ1) is 10.2. The smallest absolute Gasteiger partial charge is 0.0816 e. The van der Waals surface area contributed by atoms with Crippen LogP contribution in [-0.4, -0.2) is 5.11 Å². The lowest BCUT2D eigenvalue weighted by atomic mass is 9.86. The fraction of sp³-hybridized carbons (Fsp3) is 0.111. The van der Waals surface area contributed by atoms with Crippen LogP contribution in [0.2, 0.25) is 0 Å². The molecule has 0 unspecified atom stereocenters. The van der Waals surface area contributed by atoms with Crippen molar-refractivity contribution in [1.29, 1.82) is 0 Å². The second-order valence-corrected chi connectivity index (χ2v) is 5.68. The first-order valence-electron chi connectivity index (χ1n) is 6.73. The van der Waals surface area contributed by atoms with Crippen molar-refractivity contribution in [2.24, 2.45) is 0 Å². The molecule has 0 radical (unpaired) electrons. The summed E-state index contributed by atoms with van der Waals surface area (Å²) in [4.78, 5) is 0.473. The van der Waals surface area contributed by atoms with E-state index in [0.29, 0.717) is 10.5 Å². The molecule has 1 aliphatic rings. The van der Waals surface area contributed by atoms with E-state index in [1.165, 1.54) is 11.1 Å². The lowest BCUT2D eigenvalue weighted by molar-refractivity contribution is 0.279. The van der Waals surface area contributed by atoms with E-state index in [1.807, 2.05) is 18.2 Å². The lowest BCUT2D eigenvalue weighted by Gasteiger charge is -2.19. The summed E-state index contributed by atoms with van der Waals surface area (Å²) in [7, 11) is 0. The zero-order chi connectivity index (χ0) is 14.8. The van der Waals surface area contributed by atoms with Gasteiger partial charge in [0.1, 0.15) is 0 Å². The molecule has 0 saturated heterocycles. The Bertz CT molecular complexity index is 734. The highest BCUT2D eigenvalue weighted by molar-refractivity contribution is 7.94. The minimum absolute atomic E-state index is 0.152. The number of fused-ring (bicyclic) bond motifs is 1. The predicted octanol–water partition coefficient (Wildman–Crippen LogP) is 4.81. The Labute approximate surface area is 128 Å². The highest BCUT2D eigenvalue weighted by Crippen LogP contribution is 2.35. The minimum atomic E-state index is -0.152. The molecule has 0 spiro atoms. The number of benzene rings is 2. The van der Waals surface area contributed by atoms with E-state index in [1.54, 1.807) is 12.1 Å². The van der Waals surface area contributed by atoms with Gasteiger partial charge in [-0.25, -0.2) is 0 Å². The van der Waals surface area contributed by atoms with Crippen LogP contribution in [0.4, 0.5) is 3.89 Å². The highest BCUT2D eigenvalue weighted by Gasteiger charge is 2.15. The number of hydrogen-bond donors (Lipinski definition) is 1. The van der Waals surface area contributed by atoms with Gasteiger partial charge in [-0.05, 0) is 45.9 Å². The van der Waals surface area contributed by atoms with Gasteiger partial charge < -0.3 is 5.11 Å². The molecule has 0 atom stereocenters. The first kappa shape index (κ1) is 14.1. The average Bonchev–Trinajstić information content (AvgIpc) is 2.54. The van der Waals surface area contributed by atoms with Gasteiger partial charge in [-0.1, -0.05) is 49.1 Å². The standard InChI is InChI=1S/C18H15FOS/c1-12-8-16(9-14-4-2-3-5-17(12)14)13-6-7-15(11-20)18(10-13)21-19/h2-8,10,20H,1,9,11H2. The summed E-state index contributed by atoms with van der Waals surface area (Å²) < 4.78 is 13.0. The molecule has 0 saturated carbocycles. The minimum Gasteiger partial charge on any atom is -0.392 e. The first-order valence-corrected chi connectivity index (χ1v) is 7.45. The average molecular weight is 298 g/mol. The van der Waals surface area contributed by atoms with Crippen LogP contribution in [0.3, 0.4) is 0 Å². The third-order valence-electron chi connectivity index (χ3n) is 3.78. The van der Waals surface area contributed by atoms with Gasteiger partial charge in [0.25, 0.3) is 0 Å². The predicted molar refractivity (Wildman–Crippen MR) is 86.5 cm³/mol. The fourth-order valence-electron chi connectivity index (χ4n) is 2.67. The van der Waals surface area contributed by atoms with Gasteiger partial charge in [0, 0.05) is 4.90 Å². The molecule has 3 rings (SSSR count). The highest BCUT2D eigenvalue weighted by atomic mass is 32.2. The summed E-state index contributed by atoms with van der Waals surface area (Å²) in [5.41, 5.74) is 6.10. The third kappa shape index (κ3) is 2.67. The monoisotopic (exact) mass is 298 g/mol. The van der Waals surface area contributed by atoms with Gasteiger partial charge in [-0.15, -0.1) is 0 Å². The van der Waals surface area contributed by atoms with E-state index in [0.717, 1.165) is 23.1 Å². The summed E-state index contributed by atoms with van der Waals surface area (Å²) in [5.74, 6) is 0. The third-order valence-corrected chi connectivity index (χ3v) is 4.33. The quantitative estimate of drug-likeness (QED) is 0.877. The van der Waals surface area contributed by atoms with Crippen LogP contribution >= 0.6 is 12.1 Å². The fourth-order valence-corrected chi connectivity index (χ4v) is 3.08. The lowest BCUT2D eigenvalue weighted by Crippen LogP contribution is -2.02. The molecule has 1 N–H and O–H groups in total. The molecule has 0 fully saturated rings. The van der Waals surface area contributed by atoms with Crippen molar-refractivity contribution in [1.82, 2.24) is 0 Å². The maximum Gasteiger partial charge on any atom is 0.0816 e. The number of hydrogen-bond acceptors (Lipinski definition) is 2. The van der Waals surface area contributed by atoms with Gasteiger partial charge in [-0.3, -0.25) is 0 Å². The molecule has 0 heterocycles. The molecular formula is C18H15FOS. The van der Waals surface area contributed by atoms with E-state index >= 15 is 0 Å². The Morgan fingerprint density at radius 3 is 2.76 bits per heavy atom. The molecule has 3 heteroatoms. The van der Waals surface area contributed by atoms with Crippen LogP contribution < -0.4 is 0 Å². The number of aliphatic hydroxyl groups is 1. The molecule has 0 bridgehead atoms. The van der Waals surface area contributed by atoms with Gasteiger partial charge in [0.05, 0.1) is 18.8 Å². The van der Waals surface area contributed by atoms with Crippen molar-refractivity contribution in [2.75, 3.05) is 0 Å². The maximum absolute atomic E-state index is 13.0. The molecule has 2 aromatic carbocycles. The van der Waals surface area contributed by atoms with E-state index in [2.05, 4.69) is 24.8 Å². The van der Waals surface area contributed by atoms with Crippen molar-refractivity contribution in [3.8, 4) is 0 Å². The molecule has 1 aliphatic carbocycles. The van der Waals surface area contributed by atoms with Crippen LogP contribution in [0.25, 0.3) is 11.1 Å². The second-order valence-electron chi connectivity index (χ2n) is 5.09. The van der Waals surface area contributed by atoms with Crippen molar-refractivity contribution in [3.05, 3.63) is 77.4 Å². The summed E-state index contributed by atoms with van der Waals surface area (Å²) in [6.07, 6.45) is 2.87. The van der Waals surface area contributed by atoms with Crippen LogP contribution in [0, 0.1) is 0 Å². The van der Waals surface area contributed by atoms with Crippen LogP contribution in [0.1, 0.15) is 22.3 Å². The Morgan fingerprint density at radius 2 is 2.00 bits per heavy atom. The summed E-state index contributed by atoms with van der Waals surface area (Å²) in [5, 5.41) is 9.21. The van der Waals surface area contributed by atoms with Crippen molar-refractivity contribution < 1.29 is 8.99 Å². The SMILES string of the molecule is C=C1C=C(c2ccc(CO)c(SF)c2)Cc2ccccc21. The molecule has 0 aromatic heterocycles. The Hall–Kier alpha value is -1.84. The topological polar surface area (TPSA) is 20.2 Å². The maximum atomic E-state index is 13.0. The van der Waals surface area contributed by atoms with Crippen molar-refractivity contribution in [3.63, 3.8) is 0 Å². The molecule has 1 nitrogen and oxygen atoms in total. The number of rotatable bonds is 3. The summed E-state index contributed by atoms with van der Waals surface area (Å²) in [6.45, 7) is 3.96. The molecule has 0 aliphatic heterocycles. The van der Waals surface area contributed by atoms with E-state index < -0.39 is 0 Å². The number of allylic oxidation sites excluding steroid dienone is 3. The van der Waals surface area contributed by atoms with Crippen molar-refractivity contribution >= 4 is 23.3 Å². The van der Waals surface area contributed by atoms with Gasteiger partial charge >= 0.3 is 0 Å². The van der Waals surface area contributed by atoms with Crippen LogP contribution in [0.15, 0.2) is 60.0 Å². The number of aliphatic hydroxyl groups excluding tert-OH is 1. The van der Waals surface area contributed by atoms with Gasteiger partial charge in [0.15, 0.2) is 0 Å². The van der Waals surface area contributed by atoms with Gasteiger partial charge in [-0.2, -0.15) is 3.89 Å². The zero-order valence-electron chi connectivity index (χ0n) is 11.5. The molecule has 0 amide bonds. The Kier molecular flexibility index (Phi) is 3.95. The summed E-state index contributed by atoms with van der Waals surface area (Å²) in [6, 6.07) is 13.7. The molecular weight excluding hydrogens is 283 g/mol. The van der Waals surface area contributed by atoms with E-state index in [9.17, 15) is 8.99 Å². The zero-order valence-corrected chi connectivity index (χ0v) is 12.3. The molecule has 21 heavy (non-hydrogen) atoms. The Morgan fingerprint density at radius 1 is 1.19 bits per heavy atom. The van der Waals surface area contributed by atoms with E-state index in [-0.39, 0.29) is 18.8 Å². The van der Waals surface area contributed by atoms with Gasteiger partial charge in [0.2, 0.25) is 0 Å². The summed E-state index contributed by atoms with van der Waals surface area (Å²) >= 11 is 0.175. The second kappa shape index (κ2) is 5.88. The molecule has 2 aromatic rings.